The fourth-order valence-corrected chi connectivity index (χ4v) is 3.56. The van der Waals surface area contributed by atoms with Gasteiger partial charge < -0.3 is 15.2 Å². The van der Waals surface area contributed by atoms with Crippen molar-refractivity contribution in [2.45, 2.75) is 13.0 Å². The predicted octanol–water partition coefficient (Wildman–Crippen LogP) is 3.22. The van der Waals surface area contributed by atoms with Gasteiger partial charge in [0, 0.05) is 16.7 Å². The number of nitrogens with zero attached hydrogens (tertiary/aromatic N) is 1. The maximum Gasteiger partial charge on any atom is 0.339 e. The van der Waals surface area contributed by atoms with Crippen molar-refractivity contribution in [1.29, 1.82) is 5.26 Å². The molecule has 0 aromatic heterocycles. The number of ether oxygens (including phenoxy) is 1. The second kappa shape index (κ2) is 8.40. The van der Waals surface area contributed by atoms with Crippen LogP contribution in [0.1, 0.15) is 54.7 Å². The van der Waals surface area contributed by atoms with E-state index in [0.717, 1.165) is 6.07 Å². The molecule has 0 spiro atoms. The molecular weight excluding hydrogens is 424 g/mol. The van der Waals surface area contributed by atoms with E-state index in [1.807, 2.05) is 6.07 Å². The van der Waals surface area contributed by atoms with Crippen molar-refractivity contribution in [1.82, 2.24) is 0 Å². The number of hydrogen-bond acceptors (Lipinski definition) is 7. The van der Waals surface area contributed by atoms with Gasteiger partial charge in [0.2, 0.25) is 0 Å². The minimum absolute atomic E-state index is 0.0541. The van der Waals surface area contributed by atoms with Crippen LogP contribution < -0.4 is 5.32 Å². The molecule has 0 fully saturated rings. The molecule has 3 aromatic carbocycles. The maximum absolute atomic E-state index is 13.0. The zero-order valence-electron chi connectivity index (χ0n) is 17.3. The number of nitriles is 1. The van der Waals surface area contributed by atoms with Crippen molar-refractivity contribution < 1.29 is 29.0 Å². The van der Waals surface area contributed by atoms with Gasteiger partial charge >= 0.3 is 5.97 Å². The Morgan fingerprint density at radius 2 is 1.64 bits per heavy atom. The molecule has 0 heterocycles. The summed E-state index contributed by atoms with van der Waals surface area (Å²) in [4.78, 5) is 51.0. The standard InChI is InChI=1S/C25H16N2O6/c1-13(33-25(32)15-9-14(12-26)10-16(28)11-15)24(31)27-20-8-4-7-19-21(20)23(30)18-6-3-2-5-17(18)22(19)29/h2-11,13,28H,1H3,(H,27,31). The summed E-state index contributed by atoms with van der Waals surface area (Å²) in [5, 5.41) is 21.2. The topological polar surface area (TPSA) is 134 Å². The maximum atomic E-state index is 13.0. The van der Waals surface area contributed by atoms with Crippen molar-refractivity contribution >= 4 is 29.1 Å². The summed E-state index contributed by atoms with van der Waals surface area (Å²) in [5.74, 6) is -2.66. The van der Waals surface area contributed by atoms with Crippen molar-refractivity contribution in [2.24, 2.45) is 0 Å². The smallest absolute Gasteiger partial charge is 0.339 e. The number of amides is 1. The molecule has 1 aliphatic carbocycles. The normalized spacial score (nSPS) is 12.7. The Kier molecular flexibility index (Phi) is 5.46. The second-order valence-corrected chi connectivity index (χ2v) is 7.35. The Hall–Kier alpha value is -4.77. The predicted molar refractivity (Wildman–Crippen MR) is 116 cm³/mol. The van der Waals surface area contributed by atoms with Gasteiger partial charge in [0.05, 0.1) is 28.4 Å². The van der Waals surface area contributed by atoms with Crippen LogP contribution in [-0.4, -0.2) is 34.7 Å². The van der Waals surface area contributed by atoms with Crippen LogP contribution in [0.4, 0.5) is 5.69 Å². The van der Waals surface area contributed by atoms with Crippen molar-refractivity contribution in [3.63, 3.8) is 0 Å². The molecule has 1 unspecified atom stereocenters. The Labute approximate surface area is 188 Å². The molecule has 0 radical (unpaired) electrons. The van der Waals surface area contributed by atoms with E-state index >= 15 is 0 Å². The van der Waals surface area contributed by atoms with Crippen molar-refractivity contribution in [3.05, 3.63) is 94.0 Å². The van der Waals surface area contributed by atoms with Crippen LogP contribution in [0.25, 0.3) is 0 Å². The summed E-state index contributed by atoms with van der Waals surface area (Å²) in [6, 6.07) is 16.3. The van der Waals surface area contributed by atoms with Crippen molar-refractivity contribution in [2.75, 3.05) is 5.32 Å². The number of anilines is 1. The van der Waals surface area contributed by atoms with Gasteiger partial charge in [-0.1, -0.05) is 36.4 Å². The molecule has 1 aliphatic rings. The third-order valence-corrected chi connectivity index (χ3v) is 5.15. The molecule has 4 rings (SSSR count). The van der Waals surface area contributed by atoms with Crippen LogP contribution in [0.2, 0.25) is 0 Å². The highest BCUT2D eigenvalue weighted by molar-refractivity contribution is 6.30. The first-order chi connectivity index (χ1) is 15.8. The van der Waals surface area contributed by atoms with Gasteiger partial charge in [-0.3, -0.25) is 14.4 Å². The molecule has 2 N–H and O–H groups in total. The number of esters is 1. The summed E-state index contributed by atoms with van der Waals surface area (Å²) in [5.41, 5.74) is 0.859. The number of benzene rings is 3. The van der Waals surface area contributed by atoms with Crippen LogP contribution in [0, 0.1) is 11.3 Å². The Bertz CT molecular complexity index is 1390. The van der Waals surface area contributed by atoms with Crippen LogP contribution in [0.5, 0.6) is 5.75 Å². The largest absolute Gasteiger partial charge is 0.508 e. The van der Waals surface area contributed by atoms with E-state index in [1.165, 1.54) is 31.2 Å². The molecule has 0 bridgehead atoms. The summed E-state index contributed by atoms with van der Waals surface area (Å²) in [6.45, 7) is 1.33. The molecular formula is C25H16N2O6. The summed E-state index contributed by atoms with van der Waals surface area (Å²) < 4.78 is 5.15. The summed E-state index contributed by atoms with van der Waals surface area (Å²) in [7, 11) is 0. The molecule has 8 nitrogen and oxygen atoms in total. The number of nitrogens with one attached hydrogen (secondary N) is 1. The first kappa shape index (κ1) is 21.5. The van der Waals surface area contributed by atoms with Crippen LogP contribution >= 0.6 is 0 Å². The zero-order valence-corrected chi connectivity index (χ0v) is 17.3. The Balaban J connectivity index is 1.56. The minimum Gasteiger partial charge on any atom is -0.508 e. The van der Waals surface area contributed by atoms with Gasteiger partial charge in [0.25, 0.3) is 5.91 Å². The van der Waals surface area contributed by atoms with Gasteiger partial charge in [0.15, 0.2) is 17.7 Å². The summed E-state index contributed by atoms with van der Waals surface area (Å²) >= 11 is 0. The van der Waals surface area contributed by atoms with E-state index in [4.69, 9.17) is 10.00 Å². The van der Waals surface area contributed by atoms with E-state index in [2.05, 4.69) is 5.32 Å². The number of carbonyl (C=O) groups is 4. The first-order valence-corrected chi connectivity index (χ1v) is 9.87. The number of ketones is 2. The Morgan fingerprint density at radius 3 is 2.33 bits per heavy atom. The average Bonchev–Trinajstić information content (AvgIpc) is 2.81. The SMILES string of the molecule is CC(OC(=O)c1cc(O)cc(C#N)c1)C(=O)Nc1cccc2c1C(=O)c1ccccc1C2=O. The third-order valence-electron chi connectivity index (χ3n) is 5.15. The molecule has 1 atom stereocenters. The van der Waals surface area contributed by atoms with Gasteiger partial charge in [-0.15, -0.1) is 0 Å². The van der Waals surface area contributed by atoms with E-state index in [9.17, 15) is 24.3 Å². The monoisotopic (exact) mass is 440 g/mol. The van der Waals surface area contributed by atoms with E-state index in [1.54, 1.807) is 30.3 Å². The fraction of sp³-hybridized carbons (Fsp3) is 0.0800. The lowest BCUT2D eigenvalue weighted by atomic mass is 9.83. The lowest BCUT2D eigenvalue weighted by Gasteiger charge is -2.21. The second-order valence-electron chi connectivity index (χ2n) is 7.35. The molecule has 0 aliphatic heterocycles. The quantitative estimate of drug-likeness (QED) is 0.465. The number of rotatable bonds is 4. The average molecular weight is 440 g/mol. The third kappa shape index (κ3) is 3.95. The molecule has 33 heavy (non-hydrogen) atoms. The number of aromatic hydroxyl groups is 1. The number of carbonyl (C=O) groups excluding carboxylic acids is 4. The molecule has 0 saturated carbocycles. The molecule has 8 heteroatoms. The number of hydrogen-bond donors (Lipinski definition) is 2. The fourth-order valence-electron chi connectivity index (χ4n) is 3.56. The van der Waals surface area contributed by atoms with Gasteiger partial charge in [-0.25, -0.2) is 4.79 Å². The zero-order chi connectivity index (χ0) is 23.7. The van der Waals surface area contributed by atoms with Crippen LogP contribution in [-0.2, 0) is 9.53 Å². The molecule has 3 aromatic rings. The highest BCUT2D eigenvalue weighted by Gasteiger charge is 2.32. The van der Waals surface area contributed by atoms with Crippen molar-refractivity contribution in [3.8, 4) is 11.8 Å². The van der Waals surface area contributed by atoms with Crippen LogP contribution in [0.15, 0.2) is 60.7 Å². The highest BCUT2D eigenvalue weighted by atomic mass is 16.5. The molecule has 0 saturated heterocycles. The van der Waals surface area contributed by atoms with E-state index < -0.39 is 23.8 Å². The number of fused-ring (bicyclic) bond motifs is 2. The number of phenols is 1. The van der Waals surface area contributed by atoms with E-state index in [-0.39, 0.29) is 45.0 Å². The molecule has 1 amide bonds. The van der Waals surface area contributed by atoms with E-state index in [0.29, 0.717) is 5.56 Å². The lowest BCUT2D eigenvalue weighted by Crippen LogP contribution is -2.31. The van der Waals surface area contributed by atoms with Gasteiger partial charge in [-0.2, -0.15) is 5.26 Å². The molecule has 162 valence electrons. The minimum atomic E-state index is -1.28. The number of phenolic OH excluding ortho intramolecular Hbond substituents is 1. The highest BCUT2D eigenvalue weighted by Crippen LogP contribution is 2.32. The van der Waals surface area contributed by atoms with Gasteiger partial charge in [0.1, 0.15) is 5.75 Å². The first-order valence-electron chi connectivity index (χ1n) is 9.87. The van der Waals surface area contributed by atoms with Gasteiger partial charge in [-0.05, 0) is 31.2 Å². The summed E-state index contributed by atoms with van der Waals surface area (Å²) in [6.07, 6.45) is -1.28. The lowest BCUT2D eigenvalue weighted by molar-refractivity contribution is -0.123. The van der Waals surface area contributed by atoms with Crippen LogP contribution in [0.3, 0.4) is 0 Å². The Morgan fingerprint density at radius 1 is 0.970 bits per heavy atom.